The van der Waals surface area contributed by atoms with E-state index in [0.717, 1.165) is 12.2 Å². The molecule has 2 rings (SSSR count). The molecule has 0 amide bonds. The van der Waals surface area contributed by atoms with Crippen molar-refractivity contribution in [1.29, 1.82) is 0 Å². The summed E-state index contributed by atoms with van der Waals surface area (Å²) in [5.74, 6) is 2.15. The Morgan fingerprint density at radius 2 is 1.75 bits per heavy atom. The smallest absolute Gasteiger partial charge is 0.485 e. The molecule has 114 valence electrons. The van der Waals surface area contributed by atoms with Crippen LogP contribution in [0.25, 0.3) is 0 Å². The van der Waals surface area contributed by atoms with Crippen LogP contribution in [0.5, 0.6) is 0 Å². The van der Waals surface area contributed by atoms with E-state index < -0.39 is 15.6 Å². The minimum Gasteiger partial charge on any atom is -0.741 e. The van der Waals surface area contributed by atoms with Crippen molar-refractivity contribution in [3.8, 4) is 0 Å². The fourth-order valence-corrected chi connectivity index (χ4v) is 3.83. The van der Waals surface area contributed by atoms with Crippen LogP contribution in [-0.2, 0) is 21.0 Å². The molecule has 1 aromatic rings. The van der Waals surface area contributed by atoms with Gasteiger partial charge in [0.2, 0.25) is 0 Å². The zero-order chi connectivity index (χ0) is 15.4. The summed E-state index contributed by atoms with van der Waals surface area (Å²) in [6.45, 7) is 0. The molecule has 0 spiro atoms. The number of alkyl halides is 3. The van der Waals surface area contributed by atoms with Gasteiger partial charge in [-0.2, -0.15) is 13.2 Å². The molecule has 0 aromatic heterocycles. The van der Waals surface area contributed by atoms with Gasteiger partial charge in [-0.05, 0) is 12.1 Å². The number of halogens is 3. The highest BCUT2D eigenvalue weighted by atomic mass is 32.2. The van der Waals surface area contributed by atoms with Gasteiger partial charge in [0.1, 0.15) is 17.6 Å². The third kappa shape index (κ3) is 5.31. The Morgan fingerprint density at radius 1 is 1.25 bits per heavy atom. The predicted octanol–water partition coefficient (Wildman–Crippen LogP) is 1.48. The first-order valence-corrected chi connectivity index (χ1v) is 8.51. The summed E-state index contributed by atoms with van der Waals surface area (Å²) in [7, 11) is -5.76. The summed E-state index contributed by atoms with van der Waals surface area (Å²) in [5.41, 5.74) is -5.65. The van der Waals surface area contributed by atoms with Gasteiger partial charge in [-0.25, -0.2) is 8.42 Å². The lowest BCUT2D eigenvalue weighted by molar-refractivity contribution is -0.0517. The third-order valence-electron chi connectivity index (χ3n) is 2.45. The Hall–Kier alpha value is -0.770. The third-order valence-corrected chi connectivity index (χ3v) is 5.47. The van der Waals surface area contributed by atoms with Crippen LogP contribution in [0.4, 0.5) is 13.2 Å². The van der Waals surface area contributed by atoms with Crippen LogP contribution in [0, 0.1) is 0 Å². The van der Waals surface area contributed by atoms with Gasteiger partial charge < -0.3 is 9.66 Å². The summed E-state index contributed by atoms with van der Waals surface area (Å²) in [5, 5.41) is 9.37. The van der Waals surface area contributed by atoms with E-state index in [9.17, 15) is 18.3 Å². The average Bonchev–Trinajstić information content (AvgIpc) is 2.75. The molecule has 1 aliphatic rings. The molecule has 0 radical (unpaired) electrons. The van der Waals surface area contributed by atoms with Gasteiger partial charge in [0.25, 0.3) is 0 Å². The minimum atomic E-state index is -6.09. The second-order valence-corrected chi connectivity index (χ2v) is 7.59. The SMILES string of the molecule is O=S(=O)([O-])C(F)(F)F.OC1CC[S+](c2ccccc2)C1. The molecule has 1 N–H and O–H groups in total. The maximum atomic E-state index is 10.7. The van der Waals surface area contributed by atoms with Crippen molar-refractivity contribution in [3.63, 3.8) is 0 Å². The topological polar surface area (TPSA) is 77.4 Å². The summed E-state index contributed by atoms with van der Waals surface area (Å²) in [4.78, 5) is 1.41. The van der Waals surface area contributed by atoms with Crippen LogP contribution in [0.2, 0.25) is 0 Å². The van der Waals surface area contributed by atoms with Crippen molar-refractivity contribution in [2.75, 3.05) is 11.5 Å². The average molecular weight is 330 g/mol. The molecule has 0 saturated carbocycles. The van der Waals surface area contributed by atoms with E-state index in [-0.39, 0.29) is 6.10 Å². The van der Waals surface area contributed by atoms with Crippen LogP contribution in [0.1, 0.15) is 6.42 Å². The fourth-order valence-electron chi connectivity index (χ4n) is 1.50. The molecule has 1 aromatic carbocycles. The van der Waals surface area contributed by atoms with E-state index in [1.54, 1.807) is 0 Å². The van der Waals surface area contributed by atoms with Crippen molar-refractivity contribution in [2.24, 2.45) is 0 Å². The number of aliphatic hydroxyl groups is 1. The summed E-state index contributed by atoms with van der Waals surface area (Å²) in [6, 6.07) is 10.5. The molecule has 20 heavy (non-hydrogen) atoms. The lowest BCUT2D eigenvalue weighted by Gasteiger charge is -2.08. The van der Waals surface area contributed by atoms with Gasteiger partial charge in [-0.15, -0.1) is 0 Å². The van der Waals surface area contributed by atoms with E-state index in [4.69, 9.17) is 13.0 Å². The molecular formula is C11H13F3O4S2. The Labute approximate surface area is 117 Å². The Balaban J connectivity index is 0.000000221. The zero-order valence-electron chi connectivity index (χ0n) is 10.2. The Morgan fingerprint density at radius 3 is 2.10 bits per heavy atom. The molecule has 0 aliphatic carbocycles. The molecule has 1 heterocycles. The molecule has 9 heteroatoms. The van der Waals surface area contributed by atoms with Crippen molar-refractivity contribution >= 4 is 21.0 Å². The maximum Gasteiger partial charge on any atom is 0.485 e. The lowest BCUT2D eigenvalue weighted by Crippen LogP contribution is -2.21. The normalized spacial score (nSPS) is 23.1. The standard InChI is InChI=1S/C10H13OS.CHF3O3S/c11-9-6-7-12(8-9)10-4-2-1-3-5-10;2-1(3,4)8(5,6)7/h1-5,9,11H,6-8H2;(H,5,6,7)/q+1;/p-1. The number of aliphatic hydroxyl groups excluding tert-OH is 1. The summed E-state index contributed by atoms with van der Waals surface area (Å²) >= 11 is 0. The zero-order valence-corrected chi connectivity index (χ0v) is 11.8. The van der Waals surface area contributed by atoms with Crippen molar-refractivity contribution in [3.05, 3.63) is 30.3 Å². The molecule has 0 bridgehead atoms. The van der Waals surface area contributed by atoms with Crippen molar-refractivity contribution in [2.45, 2.75) is 22.9 Å². The number of rotatable bonds is 1. The van der Waals surface area contributed by atoms with E-state index in [1.807, 2.05) is 6.07 Å². The first-order chi connectivity index (χ1) is 9.11. The van der Waals surface area contributed by atoms with E-state index in [1.165, 1.54) is 10.6 Å². The van der Waals surface area contributed by atoms with E-state index in [2.05, 4.69) is 24.3 Å². The lowest BCUT2D eigenvalue weighted by atomic mass is 10.3. The molecule has 1 fully saturated rings. The van der Waals surface area contributed by atoms with Gasteiger partial charge in [0.15, 0.2) is 15.0 Å². The van der Waals surface area contributed by atoms with Gasteiger partial charge in [0.05, 0.1) is 0 Å². The van der Waals surface area contributed by atoms with Crippen LogP contribution >= 0.6 is 0 Å². The molecule has 2 atom stereocenters. The van der Waals surface area contributed by atoms with Crippen LogP contribution in [0.3, 0.4) is 0 Å². The molecule has 1 saturated heterocycles. The minimum absolute atomic E-state index is 0.0476. The molecule has 2 unspecified atom stereocenters. The summed E-state index contributed by atoms with van der Waals surface area (Å²) in [6.07, 6.45) is 0.936. The number of hydrogen-bond acceptors (Lipinski definition) is 4. The number of hydrogen-bond donors (Lipinski definition) is 1. The van der Waals surface area contributed by atoms with Gasteiger partial charge in [-0.3, -0.25) is 0 Å². The second-order valence-electron chi connectivity index (χ2n) is 4.02. The Kier molecular flexibility index (Phi) is 5.87. The predicted molar refractivity (Wildman–Crippen MR) is 68.2 cm³/mol. The highest BCUT2D eigenvalue weighted by Gasteiger charge is 2.37. The monoisotopic (exact) mass is 330 g/mol. The second kappa shape index (κ2) is 6.79. The number of benzene rings is 1. The van der Waals surface area contributed by atoms with Crippen molar-refractivity contribution in [1.82, 2.24) is 0 Å². The van der Waals surface area contributed by atoms with Gasteiger partial charge in [0, 0.05) is 17.3 Å². The largest absolute Gasteiger partial charge is 0.741 e. The maximum absolute atomic E-state index is 10.7. The Bertz CT molecular complexity index is 516. The van der Waals surface area contributed by atoms with E-state index in [0.29, 0.717) is 10.9 Å². The molecule has 4 nitrogen and oxygen atoms in total. The molecular weight excluding hydrogens is 317 g/mol. The van der Waals surface area contributed by atoms with Gasteiger partial charge >= 0.3 is 5.51 Å². The van der Waals surface area contributed by atoms with Crippen LogP contribution < -0.4 is 0 Å². The van der Waals surface area contributed by atoms with E-state index >= 15 is 0 Å². The van der Waals surface area contributed by atoms with Crippen LogP contribution in [-0.4, -0.2) is 41.2 Å². The fraction of sp³-hybridized carbons (Fsp3) is 0.455. The first-order valence-electron chi connectivity index (χ1n) is 5.54. The quantitative estimate of drug-likeness (QED) is 0.481. The highest BCUT2D eigenvalue weighted by molar-refractivity contribution is 7.97. The molecule has 1 aliphatic heterocycles. The highest BCUT2D eigenvalue weighted by Crippen LogP contribution is 2.22. The van der Waals surface area contributed by atoms with Crippen molar-refractivity contribution < 1.29 is 31.2 Å². The summed E-state index contributed by atoms with van der Waals surface area (Å²) < 4.78 is 58.9. The first kappa shape index (κ1) is 17.3. The van der Waals surface area contributed by atoms with Gasteiger partial charge in [-0.1, -0.05) is 18.2 Å². The van der Waals surface area contributed by atoms with Crippen LogP contribution in [0.15, 0.2) is 35.2 Å².